The van der Waals surface area contributed by atoms with Crippen molar-refractivity contribution >= 4 is 34.0 Å². The Balaban J connectivity index is 1.46. The van der Waals surface area contributed by atoms with Crippen LogP contribution in [0.5, 0.6) is 0 Å². The lowest BCUT2D eigenvalue weighted by molar-refractivity contribution is 0.0652. The van der Waals surface area contributed by atoms with Gasteiger partial charge in [-0.2, -0.15) is 10.2 Å². The molecule has 2 atom stereocenters. The molecular weight excluding hydrogens is 566 g/mol. The number of alkyl halides is 2. The minimum Gasteiger partial charge on any atom is -0.430 e. The van der Waals surface area contributed by atoms with Crippen LogP contribution in [0.1, 0.15) is 49.1 Å². The Hall–Kier alpha value is -3.55. The molecule has 0 spiro atoms. The SMILES string of the molecule is Cc1cccn2nc([C@@H]3c4nc[nH]c4CCN3C(=O)c3oc(-c4cnn(C)c4)nc3C(F)I)cc12. The van der Waals surface area contributed by atoms with Crippen molar-refractivity contribution < 1.29 is 13.6 Å². The number of aromatic amines is 1. The number of oxazole rings is 1. The molecule has 0 aliphatic carbocycles. The molecule has 0 saturated carbocycles. The van der Waals surface area contributed by atoms with Crippen molar-refractivity contribution in [2.45, 2.75) is 23.6 Å². The summed E-state index contributed by atoms with van der Waals surface area (Å²) in [6.07, 6.45) is 7.32. The third-order valence-corrected chi connectivity index (χ3v) is 6.79. The smallest absolute Gasteiger partial charge is 0.292 e. The zero-order valence-electron chi connectivity index (χ0n) is 18.8. The van der Waals surface area contributed by atoms with Crippen molar-refractivity contribution in [1.82, 2.24) is 39.2 Å². The Morgan fingerprint density at radius 2 is 2.26 bits per heavy atom. The van der Waals surface area contributed by atoms with E-state index in [1.54, 1.807) is 62.5 Å². The summed E-state index contributed by atoms with van der Waals surface area (Å²) in [6.45, 7) is 2.39. The molecule has 6 heterocycles. The molecule has 0 bridgehead atoms. The molecule has 1 unspecified atom stereocenters. The van der Waals surface area contributed by atoms with E-state index in [0.29, 0.717) is 29.9 Å². The summed E-state index contributed by atoms with van der Waals surface area (Å²) in [6, 6.07) is 5.32. The van der Waals surface area contributed by atoms with Crippen LogP contribution in [0.25, 0.3) is 17.0 Å². The van der Waals surface area contributed by atoms with Gasteiger partial charge in [0.05, 0.1) is 35.0 Å². The monoisotopic (exact) mass is 586 g/mol. The lowest BCUT2D eigenvalue weighted by Gasteiger charge is -2.33. The first kappa shape index (κ1) is 21.9. The number of nitrogens with one attached hydrogen (secondary N) is 1. The number of carbonyl (C=O) groups is 1. The number of imidazole rings is 1. The Morgan fingerprint density at radius 1 is 1.40 bits per heavy atom. The Kier molecular flexibility index (Phi) is 5.20. The number of nitrogens with zero attached hydrogens (tertiary/aromatic N) is 7. The average Bonchev–Trinajstić information content (AvgIpc) is 3.62. The zero-order chi connectivity index (χ0) is 24.3. The number of carbonyl (C=O) groups excluding carboxylic acids is 1. The van der Waals surface area contributed by atoms with Crippen LogP contribution in [-0.2, 0) is 13.5 Å². The van der Waals surface area contributed by atoms with Gasteiger partial charge in [-0.1, -0.05) is 6.07 Å². The molecule has 5 aromatic heterocycles. The Morgan fingerprint density at radius 3 is 3.00 bits per heavy atom. The van der Waals surface area contributed by atoms with Crippen molar-refractivity contribution in [3.8, 4) is 11.5 Å². The van der Waals surface area contributed by atoms with E-state index in [-0.39, 0.29) is 17.3 Å². The van der Waals surface area contributed by atoms with Gasteiger partial charge in [0.25, 0.3) is 5.91 Å². The van der Waals surface area contributed by atoms with Crippen molar-refractivity contribution in [1.29, 1.82) is 0 Å². The van der Waals surface area contributed by atoms with E-state index >= 15 is 0 Å². The fraction of sp³-hybridized carbons (Fsp3) is 0.261. The Bertz CT molecular complexity index is 1560. The van der Waals surface area contributed by atoms with E-state index in [0.717, 1.165) is 16.8 Å². The van der Waals surface area contributed by atoms with E-state index in [2.05, 4.69) is 20.1 Å². The van der Waals surface area contributed by atoms with Crippen LogP contribution in [0.15, 0.2) is 47.5 Å². The molecule has 1 N–H and O–H groups in total. The van der Waals surface area contributed by atoms with Gasteiger partial charge in [0, 0.05) is 38.1 Å². The molecule has 0 radical (unpaired) electrons. The van der Waals surface area contributed by atoms with Gasteiger partial charge in [-0.3, -0.25) is 9.48 Å². The number of hydrogen-bond acceptors (Lipinski definition) is 6. The predicted octanol–water partition coefficient (Wildman–Crippen LogP) is 3.95. The van der Waals surface area contributed by atoms with Crippen LogP contribution in [0.3, 0.4) is 0 Å². The Labute approximate surface area is 212 Å². The van der Waals surface area contributed by atoms with Crippen molar-refractivity contribution in [2.75, 3.05) is 6.54 Å². The largest absolute Gasteiger partial charge is 0.430 e. The van der Waals surface area contributed by atoms with E-state index in [9.17, 15) is 9.18 Å². The summed E-state index contributed by atoms with van der Waals surface area (Å²) < 4.78 is 22.3. The fourth-order valence-electron chi connectivity index (χ4n) is 4.52. The molecule has 12 heteroatoms. The van der Waals surface area contributed by atoms with E-state index in [1.807, 2.05) is 31.3 Å². The minimum atomic E-state index is -1.53. The number of halogens is 2. The van der Waals surface area contributed by atoms with Gasteiger partial charge in [-0.05, 0) is 47.2 Å². The molecule has 10 nitrogen and oxygen atoms in total. The van der Waals surface area contributed by atoms with E-state index < -0.39 is 16.1 Å². The highest BCUT2D eigenvalue weighted by atomic mass is 127. The first-order valence-corrected chi connectivity index (χ1v) is 12.2. The fourth-order valence-corrected chi connectivity index (χ4v) is 4.95. The molecule has 1 aliphatic rings. The topological polar surface area (TPSA) is 110 Å². The standard InChI is InChI=1S/C23H20FIN8O2/c1-12-4-3-6-33-16(12)8-15(30-33)19-17-14(26-11-27-17)5-7-32(19)23(34)20-18(21(24)25)29-22(35-20)13-9-28-31(2)10-13/h3-4,6,8-11,19,21H,5,7H2,1-2H3,(H,26,27)/t19-,21?/m1/s1. The number of H-pyrrole nitrogens is 1. The van der Waals surface area contributed by atoms with Crippen LogP contribution in [0, 0.1) is 6.92 Å². The first-order valence-electron chi connectivity index (χ1n) is 11.0. The van der Waals surface area contributed by atoms with Gasteiger partial charge in [0.15, 0.2) is 4.18 Å². The van der Waals surface area contributed by atoms with Crippen LogP contribution in [-0.4, -0.2) is 51.7 Å². The van der Waals surface area contributed by atoms with Gasteiger partial charge in [0.2, 0.25) is 11.7 Å². The number of pyridine rings is 1. The lowest BCUT2D eigenvalue weighted by Crippen LogP contribution is -2.41. The molecule has 0 aromatic carbocycles. The summed E-state index contributed by atoms with van der Waals surface area (Å²) >= 11 is 1.59. The molecule has 35 heavy (non-hydrogen) atoms. The molecular formula is C23H20FIN8O2. The number of fused-ring (bicyclic) bond motifs is 2. The summed E-state index contributed by atoms with van der Waals surface area (Å²) in [7, 11) is 1.76. The highest BCUT2D eigenvalue weighted by Crippen LogP contribution is 2.37. The molecule has 1 aliphatic heterocycles. The highest BCUT2D eigenvalue weighted by Gasteiger charge is 2.39. The van der Waals surface area contributed by atoms with Crippen LogP contribution < -0.4 is 0 Å². The van der Waals surface area contributed by atoms with Gasteiger partial charge in [0.1, 0.15) is 11.7 Å². The van der Waals surface area contributed by atoms with Crippen molar-refractivity contribution in [2.24, 2.45) is 7.05 Å². The molecule has 5 aromatic rings. The van der Waals surface area contributed by atoms with Crippen molar-refractivity contribution in [3.05, 3.63) is 77.2 Å². The number of hydrogen-bond donors (Lipinski definition) is 1. The second-order valence-corrected chi connectivity index (χ2v) is 9.54. The van der Waals surface area contributed by atoms with Crippen LogP contribution in [0.4, 0.5) is 4.39 Å². The van der Waals surface area contributed by atoms with Crippen molar-refractivity contribution in [3.63, 3.8) is 0 Å². The summed E-state index contributed by atoms with van der Waals surface area (Å²) in [5.74, 6) is -0.447. The molecule has 1 amide bonds. The normalized spacial score (nSPS) is 16.6. The van der Waals surface area contributed by atoms with Crippen LogP contribution >= 0.6 is 22.6 Å². The van der Waals surface area contributed by atoms with Gasteiger partial charge in [-0.25, -0.2) is 18.9 Å². The predicted molar refractivity (Wildman–Crippen MR) is 132 cm³/mol. The minimum absolute atomic E-state index is 0.0492. The second kappa shape index (κ2) is 8.29. The summed E-state index contributed by atoms with van der Waals surface area (Å²) in [5, 5.41) is 8.86. The highest BCUT2D eigenvalue weighted by molar-refractivity contribution is 14.1. The second-order valence-electron chi connectivity index (χ2n) is 8.44. The van der Waals surface area contributed by atoms with E-state index in [1.165, 1.54) is 0 Å². The maximum Gasteiger partial charge on any atom is 0.292 e. The van der Waals surface area contributed by atoms with Gasteiger partial charge < -0.3 is 14.3 Å². The summed E-state index contributed by atoms with van der Waals surface area (Å²) in [5.41, 5.74) is 4.83. The molecule has 178 valence electrons. The quantitative estimate of drug-likeness (QED) is 0.253. The number of aromatic nitrogens is 7. The van der Waals surface area contributed by atoms with Gasteiger partial charge >= 0.3 is 0 Å². The third-order valence-electron chi connectivity index (χ3n) is 6.20. The number of rotatable bonds is 4. The molecule has 6 rings (SSSR count). The number of aryl methyl sites for hydroxylation is 2. The molecule has 0 saturated heterocycles. The van der Waals surface area contributed by atoms with Crippen LogP contribution in [0.2, 0.25) is 0 Å². The number of amides is 1. The lowest BCUT2D eigenvalue weighted by atomic mass is 9.99. The van der Waals surface area contributed by atoms with E-state index in [4.69, 9.17) is 9.52 Å². The third kappa shape index (κ3) is 3.63. The van der Waals surface area contributed by atoms with Gasteiger partial charge in [-0.15, -0.1) is 0 Å². The maximum atomic E-state index is 14.6. The summed E-state index contributed by atoms with van der Waals surface area (Å²) in [4.78, 5) is 27.5. The zero-order valence-corrected chi connectivity index (χ0v) is 21.0. The molecule has 0 fully saturated rings. The first-order chi connectivity index (χ1) is 16.9. The average molecular weight is 586 g/mol. The maximum absolute atomic E-state index is 14.6.